The lowest BCUT2D eigenvalue weighted by atomic mass is 10.0. The van der Waals surface area contributed by atoms with Crippen molar-refractivity contribution in [3.05, 3.63) is 82.7 Å². The van der Waals surface area contributed by atoms with Crippen LogP contribution in [-0.2, 0) is 10.0 Å². The van der Waals surface area contributed by atoms with Gasteiger partial charge in [-0.05, 0) is 47.2 Å². The maximum absolute atomic E-state index is 12.8. The molecule has 5 rings (SSSR count). The van der Waals surface area contributed by atoms with Gasteiger partial charge in [0.1, 0.15) is 11.1 Å². The van der Waals surface area contributed by atoms with Crippen LogP contribution >= 0.6 is 0 Å². The van der Waals surface area contributed by atoms with Crippen LogP contribution in [-0.4, -0.2) is 42.9 Å². The Morgan fingerprint density at radius 2 is 1.66 bits per heavy atom. The molecule has 10 nitrogen and oxygen atoms in total. The van der Waals surface area contributed by atoms with Gasteiger partial charge in [0.25, 0.3) is 5.91 Å². The summed E-state index contributed by atoms with van der Waals surface area (Å²) >= 11 is 0. The lowest BCUT2D eigenvalue weighted by Gasteiger charge is -2.11. The molecule has 0 aliphatic carbocycles. The van der Waals surface area contributed by atoms with Crippen LogP contribution in [0.1, 0.15) is 10.4 Å². The Labute approximate surface area is 198 Å². The fraction of sp³-hybridized carbons (Fsp3) is 0.0833. The molecule has 176 valence electrons. The average molecular weight is 490 g/mol. The van der Waals surface area contributed by atoms with Gasteiger partial charge in [0.15, 0.2) is 0 Å². The molecule has 0 saturated carbocycles. The molecular weight excluding hydrogens is 472 g/mol. The first-order chi connectivity index (χ1) is 16.7. The Hall–Kier alpha value is -4.35. The molecule has 3 aromatic carbocycles. The van der Waals surface area contributed by atoms with Crippen molar-refractivity contribution in [1.29, 1.82) is 0 Å². The maximum atomic E-state index is 12.8. The predicted octanol–water partition coefficient (Wildman–Crippen LogP) is 3.50. The Bertz CT molecular complexity index is 1760. The molecular formula is C24H18N4O6S. The van der Waals surface area contributed by atoms with Crippen LogP contribution in [0.15, 0.2) is 85.3 Å². The lowest BCUT2D eigenvalue weighted by Crippen LogP contribution is -2.22. The van der Waals surface area contributed by atoms with Crippen molar-refractivity contribution in [3.63, 3.8) is 0 Å². The highest BCUT2D eigenvalue weighted by molar-refractivity contribution is 7.89. The van der Waals surface area contributed by atoms with Crippen LogP contribution in [0, 0.1) is 0 Å². The van der Waals surface area contributed by atoms with Gasteiger partial charge in [-0.1, -0.05) is 35.4 Å². The van der Waals surface area contributed by atoms with Crippen LogP contribution < -0.4 is 10.9 Å². The van der Waals surface area contributed by atoms with Gasteiger partial charge in [0.05, 0.1) is 4.90 Å². The number of nitrogens with one attached hydrogen (secondary N) is 1. The molecule has 0 saturated heterocycles. The minimum absolute atomic E-state index is 0.0608. The van der Waals surface area contributed by atoms with Crippen LogP contribution in [0.3, 0.4) is 0 Å². The summed E-state index contributed by atoms with van der Waals surface area (Å²) in [5.41, 5.74) is -0.202. The Balaban J connectivity index is 1.42. The van der Waals surface area contributed by atoms with Crippen LogP contribution in [0.4, 0.5) is 6.01 Å². The average Bonchev–Trinajstić information content (AvgIpc) is 3.31. The third-order valence-electron chi connectivity index (χ3n) is 5.41. The van der Waals surface area contributed by atoms with Crippen LogP contribution in [0.5, 0.6) is 0 Å². The highest BCUT2D eigenvalue weighted by Gasteiger charge is 2.20. The number of benzene rings is 3. The summed E-state index contributed by atoms with van der Waals surface area (Å²) in [6.07, 6.45) is 0. The number of carbonyl (C=O) groups is 1. The SMILES string of the molecule is CN(C)S(=O)(=O)c1ccc(-c2nnc(NC(=O)c3cc4c(ccc5ccccc54)oc3=O)o2)cc1. The van der Waals surface area contributed by atoms with Gasteiger partial charge in [0, 0.05) is 25.0 Å². The number of hydrogen-bond donors (Lipinski definition) is 1. The largest absolute Gasteiger partial charge is 0.422 e. The Morgan fingerprint density at radius 3 is 2.40 bits per heavy atom. The monoisotopic (exact) mass is 490 g/mol. The first kappa shape index (κ1) is 22.4. The second-order valence-corrected chi connectivity index (χ2v) is 9.98. The molecule has 1 amide bonds. The Kier molecular flexibility index (Phi) is 5.42. The first-order valence-corrected chi connectivity index (χ1v) is 11.8. The summed E-state index contributed by atoms with van der Waals surface area (Å²) in [6, 6.07) is 18.2. The fourth-order valence-electron chi connectivity index (χ4n) is 3.56. The van der Waals surface area contributed by atoms with Crippen LogP contribution in [0.2, 0.25) is 0 Å². The third-order valence-corrected chi connectivity index (χ3v) is 7.24. The third kappa shape index (κ3) is 4.07. The topological polar surface area (TPSA) is 136 Å². The van der Waals surface area contributed by atoms with Gasteiger partial charge in [-0.2, -0.15) is 0 Å². The molecule has 0 aliphatic heterocycles. The molecule has 0 spiro atoms. The highest BCUT2D eigenvalue weighted by Crippen LogP contribution is 2.26. The van der Waals surface area contributed by atoms with Crippen molar-refractivity contribution < 1.29 is 22.0 Å². The van der Waals surface area contributed by atoms with E-state index in [9.17, 15) is 18.0 Å². The van der Waals surface area contributed by atoms with Gasteiger partial charge in [-0.15, -0.1) is 5.10 Å². The summed E-state index contributed by atoms with van der Waals surface area (Å²) in [5, 5.41) is 12.5. The number of carbonyl (C=O) groups excluding carboxylic acids is 1. The normalized spacial score (nSPS) is 11.9. The summed E-state index contributed by atoms with van der Waals surface area (Å²) in [7, 11) is -0.701. The molecule has 0 unspecified atom stereocenters. The molecule has 0 aliphatic rings. The maximum Gasteiger partial charge on any atom is 0.349 e. The Morgan fingerprint density at radius 1 is 0.914 bits per heavy atom. The van der Waals surface area contributed by atoms with E-state index in [4.69, 9.17) is 8.83 Å². The van der Waals surface area contributed by atoms with Gasteiger partial charge < -0.3 is 8.83 Å². The smallest absolute Gasteiger partial charge is 0.349 e. The van der Waals surface area contributed by atoms with Gasteiger partial charge in [-0.25, -0.2) is 17.5 Å². The van der Waals surface area contributed by atoms with E-state index in [1.807, 2.05) is 30.3 Å². The zero-order chi connectivity index (χ0) is 24.7. The summed E-state index contributed by atoms with van der Waals surface area (Å²) in [6.45, 7) is 0. The number of sulfonamides is 1. The molecule has 35 heavy (non-hydrogen) atoms. The predicted molar refractivity (Wildman–Crippen MR) is 129 cm³/mol. The number of rotatable bonds is 5. The van der Waals surface area contributed by atoms with E-state index < -0.39 is 21.6 Å². The van der Waals surface area contributed by atoms with Gasteiger partial charge in [0.2, 0.25) is 15.9 Å². The summed E-state index contributed by atoms with van der Waals surface area (Å²) in [5.74, 6) is -0.707. The van der Waals surface area contributed by atoms with Crippen molar-refractivity contribution >= 4 is 43.7 Å². The molecule has 0 bridgehead atoms. The van der Waals surface area contributed by atoms with Crippen molar-refractivity contribution in [1.82, 2.24) is 14.5 Å². The standard InChI is InChI=1S/C24H18N4O6S/c1-28(2)35(31,32)16-10-7-15(8-11-16)22-26-27-24(34-22)25-21(29)19-13-18-17-6-4-3-5-14(17)9-12-20(18)33-23(19)30/h3-13H,1-2H3,(H,25,27,29). The van der Waals surface area contributed by atoms with Crippen molar-refractivity contribution in [3.8, 4) is 11.5 Å². The van der Waals surface area contributed by atoms with Crippen molar-refractivity contribution in [2.75, 3.05) is 19.4 Å². The van der Waals surface area contributed by atoms with Crippen molar-refractivity contribution in [2.24, 2.45) is 0 Å². The minimum Gasteiger partial charge on any atom is -0.422 e. The van der Waals surface area contributed by atoms with Gasteiger partial charge >= 0.3 is 11.6 Å². The first-order valence-electron chi connectivity index (χ1n) is 10.4. The molecule has 2 heterocycles. The summed E-state index contributed by atoms with van der Waals surface area (Å²) in [4.78, 5) is 25.4. The summed E-state index contributed by atoms with van der Waals surface area (Å²) < 4.78 is 36.4. The second-order valence-electron chi connectivity index (χ2n) is 7.82. The number of nitrogens with zero attached hydrogens (tertiary/aromatic N) is 3. The highest BCUT2D eigenvalue weighted by atomic mass is 32.2. The molecule has 2 aromatic heterocycles. The molecule has 0 radical (unpaired) electrons. The number of aromatic nitrogens is 2. The number of hydrogen-bond acceptors (Lipinski definition) is 8. The molecule has 1 N–H and O–H groups in total. The van der Waals surface area contributed by atoms with E-state index in [-0.39, 0.29) is 22.4 Å². The van der Waals surface area contributed by atoms with Crippen molar-refractivity contribution in [2.45, 2.75) is 4.90 Å². The van der Waals surface area contributed by atoms with E-state index in [1.165, 1.54) is 44.4 Å². The quantitative estimate of drug-likeness (QED) is 0.292. The van der Waals surface area contributed by atoms with E-state index in [2.05, 4.69) is 15.5 Å². The second kappa shape index (κ2) is 8.46. The number of fused-ring (bicyclic) bond motifs is 3. The number of amides is 1. The van der Waals surface area contributed by atoms with E-state index in [0.29, 0.717) is 16.5 Å². The zero-order valence-corrected chi connectivity index (χ0v) is 19.4. The lowest BCUT2D eigenvalue weighted by molar-refractivity contribution is 0.102. The minimum atomic E-state index is -3.58. The van der Waals surface area contributed by atoms with E-state index in [0.717, 1.165) is 15.1 Å². The molecule has 11 heteroatoms. The molecule has 0 fully saturated rings. The fourth-order valence-corrected chi connectivity index (χ4v) is 4.47. The van der Waals surface area contributed by atoms with Crippen LogP contribution in [0.25, 0.3) is 33.2 Å². The number of anilines is 1. The molecule has 0 atom stereocenters. The van der Waals surface area contributed by atoms with Gasteiger partial charge in [-0.3, -0.25) is 10.1 Å². The van der Waals surface area contributed by atoms with E-state index >= 15 is 0 Å². The zero-order valence-electron chi connectivity index (χ0n) is 18.6. The molecule has 5 aromatic rings. The van der Waals surface area contributed by atoms with E-state index in [1.54, 1.807) is 6.07 Å².